The van der Waals surface area contributed by atoms with Crippen LogP contribution >= 0.6 is 0 Å². The quantitative estimate of drug-likeness (QED) is 0.683. The molecule has 4 nitrogen and oxygen atoms in total. The zero-order valence-electron chi connectivity index (χ0n) is 9.54. The highest BCUT2D eigenvalue weighted by molar-refractivity contribution is 7.91. The number of alkyl halides is 3. The largest absolute Gasteiger partial charge is 0.477 e. The smallest absolute Gasteiger partial charge is 0.390 e. The molecule has 1 aromatic rings. The Bertz CT molecular complexity index is 636. The van der Waals surface area contributed by atoms with Crippen LogP contribution in [0.15, 0.2) is 17.0 Å². The van der Waals surface area contributed by atoms with Gasteiger partial charge in [0, 0.05) is 0 Å². The van der Waals surface area contributed by atoms with Gasteiger partial charge in [0.25, 0.3) is 0 Å². The first-order valence-electron chi connectivity index (χ1n) is 4.96. The number of halogens is 5. The molecule has 10 heteroatoms. The summed E-state index contributed by atoms with van der Waals surface area (Å²) in [7, 11) is -4.72. The Morgan fingerprint density at radius 3 is 2.20 bits per heavy atom. The van der Waals surface area contributed by atoms with Crippen LogP contribution in [0, 0.1) is 11.6 Å². The number of rotatable bonds is 4. The SMILES string of the molecule is O=C(O)c1c(F)ccc(S(=O)(=O)CCC(F)(F)F)c1F. The van der Waals surface area contributed by atoms with Crippen LogP contribution in [-0.4, -0.2) is 31.4 Å². The highest BCUT2D eigenvalue weighted by Crippen LogP contribution is 2.26. The van der Waals surface area contributed by atoms with Gasteiger partial charge in [-0.2, -0.15) is 13.2 Å². The van der Waals surface area contributed by atoms with Crippen molar-refractivity contribution in [3.8, 4) is 0 Å². The van der Waals surface area contributed by atoms with Gasteiger partial charge in [-0.15, -0.1) is 0 Å². The molecular formula is C10H7F5O4S. The van der Waals surface area contributed by atoms with E-state index < -0.39 is 56.2 Å². The molecule has 1 N–H and O–H groups in total. The fourth-order valence-corrected chi connectivity index (χ4v) is 2.70. The van der Waals surface area contributed by atoms with E-state index in [2.05, 4.69) is 0 Å². The molecule has 0 radical (unpaired) electrons. The summed E-state index contributed by atoms with van der Waals surface area (Å²) in [5.74, 6) is -6.96. The Morgan fingerprint density at radius 2 is 1.75 bits per heavy atom. The summed E-state index contributed by atoms with van der Waals surface area (Å²) >= 11 is 0. The van der Waals surface area contributed by atoms with Gasteiger partial charge in [-0.05, 0) is 12.1 Å². The maximum absolute atomic E-state index is 13.6. The summed E-state index contributed by atoms with van der Waals surface area (Å²) < 4.78 is 85.6. The maximum Gasteiger partial charge on any atom is 0.390 e. The molecule has 0 aliphatic heterocycles. The molecule has 0 saturated carbocycles. The molecule has 1 aromatic carbocycles. The Hall–Kier alpha value is -1.71. The van der Waals surface area contributed by atoms with Gasteiger partial charge in [-0.25, -0.2) is 22.0 Å². The van der Waals surface area contributed by atoms with Gasteiger partial charge in [-0.3, -0.25) is 0 Å². The minimum Gasteiger partial charge on any atom is -0.477 e. The molecule has 0 fully saturated rings. The summed E-state index contributed by atoms with van der Waals surface area (Å²) in [6, 6.07) is 0.760. The molecule has 20 heavy (non-hydrogen) atoms. The molecule has 0 heterocycles. The number of carbonyl (C=O) groups is 1. The van der Waals surface area contributed by atoms with Gasteiger partial charge in [0.1, 0.15) is 16.3 Å². The van der Waals surface area contributed by atoms with Gasteiger partial charge < -0.3 is 5.11 Å². The number of aromatic carboxylic acids is 1. The molecule has 0 unspecified atom stereocenters. The third-order valence-corrected chi connectivity index (χ3v) is 3.99. The van der Waals surface area contributed by atoms with E-state index in [0.29, 0.717) is 12.1 Å². The number of hydrogen-bond donors (Lipinski definition) is 1. The van der Waals surface area contributed by atoms with Crippen LogP contribution in [0.3, 0.4) is 0 Å². The number of carboxylic acids is 1. The first kappa shape index (κ1) is 16.3. The average Bonchev–Trinajstić information content (AvgIpc) is 2.24. The topological polar surface area (TPSA) is 71.4 Å². The molecule has 0 saturated heterocycles. The minimum atomic E-state index is -4.78. The summed E-state index contributed by atoms with van der Waals surface area (Å²) in [6.45, 7) is 0. The lowest BCUT2D eigenvalue weighted by atomic mass is 10.2. The van der Waals surface area contributed by atoms with Crippen LogP contribution in [0.1, 0.15) is 16.8 Å². The summed E-state index contributed by atoms with van der Waals surface area (Å²) in [5, 5.41) is 8.54. The summed E-state index contributed by atoms with van der Waals surface area (Å²) in [5.41, 5.74) is -1.53. The van der Waals surface area contributed by atoms with Crippen LogP contribution in [0.2, 0.25) is 0 Å². The minimum absolute atomic E-state index is 0.368. The molecule has 1 rings (SSSR count). The first-order valence-corrected chi connectivity index (χ1v) is 6.62. The fraction of sp³-hybridized carbons (Fsp3) is 0.300. The van der Waals surface area contributed by atoms with E-state index in [1.54, 1.807) is 0 Å². The maximum atomic E-state index is 13.6. The van der Waals surface area contributed by atoms with Crippen molar-refractivity contribution in [1.82, 2.24) is 0 Å². The fourth-order valence-electron chi connectivity index (χ4n) is 1.33. The van der Waals surface area contributed by atoms with E-state index in [0.717, 1.165) is 0 Å². The standard InChI is InChI=1S/C10H7F5O4S/c11-5-1-2-6(8(12)7(5)9(16)17)20(18,19)4-3-10(13,14)15/h1-2H,3-4H2,(H,16,17). The van der Waals surface area contributed by atoms with E-state index in [1.165, 1.54) is 0 Å². The van der Waals surface area contributed by atoms with Crippen molar-refractivity contribution >= 4 is 15.8 Å². The van der Waals surface area contributed by atoms with Crippen LogP contribution in [-0.2, 0) is 9.84 Å². The van der Waals surface area contributed by atoms with Crippen molar-refractivity contribution in [3.63, 3.8) is 0 Å². The lowest BCUT2D eigenvalue weighted by Crippen LogP contribution is -2.18. The van der Waals surface area contributed by atoms with Crippen molar-refractivity contribution in [1.29, 1.82) is 0 Å². The third kappa shape index (κ3) is 3.65. The van der Waals surface area contributed by atoms with Crippen molar-refractivity contribution < 1.29 is 40.3 Å². The van der Waals surface area contributed by atoms with Crippen molar-refractivity contribution in [2.75, 3.05) is 5.75 Å². The summed E-state index contributed by atoms with van der Waals surface area (Å²) in [4.78, 5) is 9.31. The van der Waals surface area contributed by atoms with Gasteiger partial charge in [0.2, 0.25) is 0 Å². The zero-order chi connectivity index (χ0) is 15.7. The number of sulfone groups is 1. The molecule has 0 aromatic heterocycles. The summed E-state index contributed by atoms with van der Waals surface area (Å²) in [6.07, 6.45) is -6.51. The van der Waals surface area contributed by atoms with Crippen molar-refractivity contribution in [2.24, 2.45) is 0 Å². The molecule has 112 valence electrons. The molecule has 0 spiro atoms. The Kier molecular flexibility index (Phi) is 4.37. The number of hydrogen-bond acceptors (Lipinski definition) is 3. The second kappa shape index (κ2) is 5.35. The Labute approximate surface area is 109 Å². The second-order valence-electron chi connectivity index (χ2n) is 3.72. The third-order valence-electron chi connectivity index (χ3n) is 2.26. The lowest BCUT2D eigenvalue weighted by molar-refractivity contribution is -0.129. The van der Waals surface area contributed by atoms with Gasteiger partial charge >= 0.3 is 12.1 Å². The molecule has 0 amide bonds. The predicted molar refractivity (Wildman–Crippen MR) is 56.0 cm³/mol. The Morgan fingerprint density at radius 1 is 1.20 bits per heavy atom. The average molecular weight is 318 g/mol. The molecule has 0 bridgehead atoms. The normalized spacial score (nSPS) is 12.4. The highest BCUT2D eigenvalue weighted by Gasteiger charge is 2.33. The van der Waals surface area contributed by atoms with Gasteiger partial charge in [0.05, 0.1) is 12.2 Å². The van der Waals surface area contributed by atoms with E-state index in [9.17, 15) is 35.2 Å². The van der Waals surface area contributed by atoms with Crippen LogP contribution < -0.4 is 0 Å². The predicted octanol–water partition coefficient (Wildman–Crippen LogP) is 2.39. The lowest BCUT2D eigenvalue weighted by Gasteiger charge is -2.09. The van der Waals surface area contributed by atoms with Crippen LogP contribution in [0.4, 0.5) is 22.0 Å². The number of carboxylic acid groups (broad SMARTS) is 1. The van der Waals surface area contributed by atoms with Gasteiger partial charge in [0.15, 0.2) is 15.7 Å². The van der Waals surface area contributed by atoms with Crippen LogP contribution in [0.5, 0.6) is 0 Å². The Balaban J connectivity index is 3.27. The molecule has 0 aliphatic carbocycles. The van der Waals surface area contributed by atoms with E-state index >= 15 is 0 Å². The number of benzene rings is 1. The molecule has 0 aliphatic rings. The van der Waals surface area contributed by atoms with Crippen molar-refractivity contribution in [3.05, 3.63) is 29.3 Å². The zero-order valence-corrected chi connectivity index (χ0v) is 10.4. The molecule has 0 atom stereocenters. The highest BCUT2D eigenvalue weighted by atomic mass is 32.2. The monoisotopic (exact) mass is 318 g/mol. The van der Waals surface area contributed by atoms with E-state index in [-0.39, 0.29) is 0 Å². The van der Waals surface area contributed by atoms with E-state index in [4.69, 9.17) is 5.11 Å². The first-order chi connectivity index (χ1) is 8.96. The second-order valence-corrected chi connectivity index (χ2v) is 5.80. The molecular weight excluding hydrogens is 311 g/mol. The van der Waals surface area contributed by atoms with E-state index in [1.807, 2.05) is 0 Å². The van der Waals surface area contributed by atoms with Crippen molar-refractivity contribution in [2.45, 2.75) is 17.5 Å². The van der Waals surface area contributed by atoms with Gasteiger partial charge in [-0.1, -0.05) is 0 Å². The van der Waals surface area contributed by atoms with Crippen LogP contribution in [0.25, 0.3) is 0 Å².